The second kappa shape index (κ2) is 49.5. The Morgan fingerprint density at radius 1 is 0.439 bits per heavy atom. The fourth-order valence-electron chi connectivity index (χ4n) is 8.97. The second-order valence-electron chi connectivity index (χ2n) is 20.9. The first-order valence-corrected chi connectivity index (χ1v) is 28.7. The molecule has 0 radical (unpaired) electrons. The van der Waals surface area contributed by atoms with Gasteiger partial charge >= 0.3 is 17.9 Å². The highest BCUT2D eigenvalue weighted by atomic mass is 16.6. The molecule has 0 aliphatic heterocycles. The monoisotopic (exact) mass is 935 g/mol. The summed E-state index contributed by atoms with van der Waals surface area (Å²) in [6, 6.07) is -0.612. The molecule has 0 saturated heterocycles. The molecule has 0 saturated carbocycles. The molecular weight excluding hydrogens is 823 g/mol. The molecule has 0 fully saturated rings. The number of rotatable bonds is 53. The number of aliphatic carboxylic acids is 1. The summed E-state index contributed by atoms with van der Waals surface area (Å²) >= 11 is 0. The first-order chi connectivity index (χ1) is 32.1. The van der Waals surface area contributed by atoms with Gasteiger partial charge in [0.1, 0.15) is 6.61 Å². The number of allylic oxidation sites excluding steroid dienone is 2. The molecule has 8 heteroatoms. The van der Waals surface area contributed by atoms with Gasteiger partial charge in [-0.1, -0.05) is 244 Å². The van der Waals surface area contributed by atoms with Gasteiger partial charge in [0.15, 0.2) is 12.1 Å². The maximum Gasteiger partial charge on any atom is 0.362 e. The van der Waals surface area contributed by atoms with Crippen molar-refractivity contribution in [1.29, 1.82) is 0 Å². The Balaban J connectivity index is 4.12. The molecule has 1 N–H and O–H groups in total. The van der Waals surface area contributed by atoms with Crippen LogP contribution < -0.4 is 0 Å². The number of quaternary nitrogens is 1. The van der Waals surface area contributed by atoms with Crippen molar-refractivity contribution in [3.63, 3.8) is 0 Å². The van der Waals surface area contributed by atoms with Gasteiger partial charge in [0.05, 0.1) is 34.4 Å². The minimum atomic E-state index is -0.870. The highest BCUT2D eigenvalue weighted by molar-refractivity contribution is 5.72. The summed E-state index contributed by atoms with van der Waals surface area (Å²) in [6.45, 7) is 4.80. The van der Waals surface area contributed by atoms with Crippen molar-refractivity contribution in [2.75, 3.05) is 41.0 Å². The number of carboxylic acids is 1. The number of ether oxygens (including phenoxy) is 3. The van der Waals surface area contributed by atoms with Crippen LogP contribution in [-0.2, 0) is 28.6 Å². The van der Waals surface area contributed by atoms with Gasteiger partial charge in [-0.05, 0) is 38.5 Å². The number of carbonyl (C=O) groups is 3. The Kier molecular flexibility index (Phi) is 48.0. The van der Waals surface area contributed by atoms with Crippen molar-refractivity contribution in [3.05, 3.63) is 12.2 Å². The molecular formula is C58H112NO7+. The van der Waals surface area contributed by atoms with Crippen LogP contribution in [0.25, 0.3) is 0 Å². The molecule has 0 aromatic heterocycles. The minimum absolute atomic E-state index is 0.0445. The normalized spacial score (nSPS) is 12.8. The lowest BCUT2D eigenvalue weighted by Gasteiger charge is -2.31. The van der Waals surface area contributed by atoms with Crippen molar-refractivity contribution >= 4 is 17.9 Å². The van der Waals surface area contributed by atoms with Crippen LogP contribution in [-0.4, -0.2) is 80.6 Å². The van der Waals surface area contributed by atoms with Crippen molar-refractivity contribution < 1.29 is 38.2 Å². The first kappa shape index (κ1) is 64.1. The Morgan fingerprint density at radius 2 is 0.758 bits per heavy atom. The van der Waals surface area contributed by atoms with E-state index in [2.05, 4.69) is 26.0 Å². The zero-order valence-corrected chi connectivity index (χ0v) is 44.7. The van der Waals surface area contributed by atoms with E-state index in [0.717, 1.165) is 38.5 Å². The van der Waals surface area contributed by atoms with Gasteiger partial charge in [-0.3, -0.25) is 9.59 Å². The Bertz CT molecular complexity index is 1090. The van der Waals surface area contributed by atoms with Crippen LogP contribution in [0.1, 0.15) is 290 Å². The number of hydrogen-bond donors (Lipinski definition) is 1. The highest BCUT2D eigenvalue weighted by Crippen LogP contribution is 2.17. The van der Waals surface area contributed by atoms with E-state index >= 15 is 0 Å². The van der Waals surface area contributed by atoms with Gasteiger partial charge in [0.25, 0.3) is 0 Å². The summed E-state index contributed by atoms with van der Waals surface area (Å²) in [5.74, 6) is -1.44. The fourth-order valence-corrected chi connectivity index (χ4v) is 8.97. The van der Waals surface area contributed by atoms with E-state index in [1.165, 1.54) is 218 Å². The number of hydrogen-bond acceptors (Lipinski definition) is 6. The number of nitrogens with zero attached hydrogens (tertiary/aromatic N) is 1. The molecule has 0 bridgehead atoms. The van der Waals surface area contributed by atoms with E-state index in [-0.39, 0.29) is 36.2 Å². The SMILES string of the molecule is CCCCCCCC/C=C\CCCCCCCCCCCC(=O)OC(COCCC(C(=O)O)[N+](C)(C)C)COC(=O)CCCCCCCCCCCCCCCCCCCCCCCCC. The number of carbonyl (C=O) groups excluding carboxylic acids is 2. The second-order valence-corrected chi connectivity index (χ2v) is 20.9. The Morgan fingerprint density at radius 3 is 1.09 bits per heavy atom. The molecule has 0 aliphatic rings. The average molecular weight is 936 g/mol. The van der Waals surface area contributed by atoms with Gasteiger partial charge in [-0.15, -0.1) is 0 Å². The molecule has 0 aromatic rings. The molecule has 0 aromatic carbocycles. The van der Waals surface area contributed by atoms with Crippen molar-refractivity contribution in [2.45, 2.75) is 302 Å². The predicted octanol–water partition coefficient (Wildman–Crippen LogP) is 17.0. The standard InChI is InChI=1S/C58H111NO7/c1-6-8-10-12-14-16-18-20-22-24-26-27-28-29-31-32-34-36-38-40-42-44-46-48-56(60)65-53-54(52-64-51-50-55(58(62)63)59(3,4)5)66-57(61)49-47-45-43-41-39-37-35-33-30-25-23-21-19-17-15-13-11-9-7-2/h21,23,54-55H,6-20,22,24-53H2,1-5H3/p+1/b23-21-. The quantitative estimate of drug-likeness (QED) is 0.0281. The summed E-state index contributed by atoms with van der Waals surface area (Å²) in [5.41, 5.74) is 0. The van der Waals surface area contributed by atoms with Crippen molar-refractivity contribution in [3.8, 4) is 0 Å². The minimum Gasteiger partial charge on any atom is -0.477 e. The molecule has 390 valence electrons. The van der Waals surface area contributed by atoms with Crippen LogP contribution in [0.4, 0.5) is 0 Å². The first-order valence-electron chi connectivity index (χ1n) is 28.7. The van der Waals surface area contributed by atoms with Gasteiger partial charge in [0.2, 0.25) is 0 Å². The van der Waals surface area contributed by atoms with E-state index in [0.29, 0.717) is 19.3 Å². The van der Waals surface area contributed by atoms with Crippen molar-refractivity contribution in [1.82, 2.24) is 0 Å². The van der Waals surface area contributed by atoms with E-state index in [1.54, 1.807) is 0 Å². The van der Waals surface area contributed by atoms with Gasteiger partial charge in [-0.2, -0.15) is 0 Å². The number of esters is 2. The third kappa shape index (κ3) is 47.1. The maximum atomic E-state index is 12.8. The third-order valence-electron chi connectivity index (χ3n) is 13.4. The zero-order valence-electron chi connectivity index (χ0n) is 44.7. The molecule has 2 atom stereocenters. The summed E-state index contributed by atoms with van der Waals surface area (Å²) in [5, 5.41) is 9.67. The van der Waals surface area contributed by atoms with E-state index in [1.807, 2.05) is 21.1 Å². The van der Waals surface area contributed by atoms with Gasteiger partial charge in [-0.25, -0.2) is 4.79 Å². The van der Waals surface area contributed by atoms with Crippen LogP contribution in [0, 0.1) is 0 Å². The van der Waals surface area contributed by atoms with Crippen LogP contribution in [0.2, 0.25) is 0 Å². The highest BCUT2D eigenvalue weighted by Gasteiger charge is 2.31. The van der Waals surface area contributed by atoms with Crippen LogP contribution >= 0.6 is 0 Å². The lowest BCUT2D eigenvalue weighted by Crippen LogP contribution is -2.50. The molecule has 8 nitrogen and oxygen atoms in total. The fraction of sp³-hybridized carbons (Fsp3) is 0.914. The third-order valence-corrected chi connectivity index (χ3v) is 13.4. The molecule has 2 unspecified atom stereocenters. The van der Waals surface area contributed by atoms with E-state index in [4.69, 9.17) is 14.2 Å². The summed E-state index contributed by atoms with van der Waals surface area (Å²) in [6.07, 6.45) is 57.0. The van der Waals surface area contributed by atoms with Gasteiger partial charge in [0, 0.05) is 19.3 Å². The number of carboxylic acid groups (broad SMARTS) is 1. The topological polar surface area (TPSA) is 99.1 Å². The van der Waals surface area contributed by atoms with E-state index in [9.17, 15) is 19.5 Å². The molecule has 0 aliphatic carbocycles. The Hall–Kier alpha value is -1.93. The lowest BCUT2D eigenvalue weighted by atomic mass is 10.0. The smallest absolute Gasteiger partial charge is 0.362 e. The van der Waals surface area contributed by atoms with Crippen LogP contribution in [0.3, 0.4) is 0 Å². The van der Waals surface area contributed by atoms with Crippen LogP contribution in [0.5, 0.6) is 0 Å². The molecule has 0 rings (SSSR count). The molecule has 0 amide bonds. The molecule has 0 spiro atoms. The molecule has 0 heterocycles. The maximum absolute atomic E-state index is 12.8. The number of unbranched alkanes of at least 4 members (excludes halogenated alkanes) is 37. The van der Waals surface area contributed by atoms with Gasteiger partial charge < -0.3 is 23.8 Å². The summed E-state index contributed by atoms with van der Waals surface area (Å²) < 4.78 is 17.4. The van der Waals surface area contributed by atoms with Crippen molar-refractivity contribution in [2.24, 2.45) is 0 Å². The summed E-state index contributed by atoms with van der Waals surface area (Å²) in [7, 11) is 5.55. The van der Waals surface area contributed by atoms with E-state index < -0.39 is 18.1 Å². The lowest BCUT2D eigenvalue weighted by molar-refractivity contribution is -0.887. The van der Waals surface area contributed by atoms with Crippen LogP contribution in [0.15, 0.2) is 12.2 Å². The largest absolute Gasteiger partial charge is 0.477 e. The summed E-state index contributed by atoms with van der Waals surface area (Å²) in [4.78, 5) is 37.3. The molecule has 66 heavy (non-hydrogen) atoms. The average Bonchev–Trinajstić information content (AvgIpc) is 3.28. The Labute approximate surface area is 409 Å². The predicted molar refractivity (Wildman–Crippen MR) is 280 cm³/mol. The zero-order chi connectivity index (χ0) is 48.4. The number of likely N-dealkylation sites (N-methyl/N-ethyl adjacent to an activating group) is 1.